The second kappa shape index (κ2) is 11.8. The van der Waals surface area contributed by atoms with Gasteiger partial charge in [-0.2, -0.15) is 0 Å². The van der Waals surface area contributed by atoms with Gasteiger partial charge in [-0.1, -0.05) is 163 Å². The number of benzene rings is 10. The zero-order valence-corrected chi connectivity index (χ0v) is 27.4. The van der Waals surface area contributed by atoms with Gasteiger partial charge in [0.15, 0.2) is 0 Å². The number of para-hydroxylation sites is 1. The fraction of sp³-hybridized carbons (Fsp3) is 0. The molecule has 0 bridgehead atoms. The third-order valence-corrected chi connectivity index (χ3v) is 9.60. The van der Waals surface area contributed by atoms with Crippen LogP contribution in [0.25, 0.3) is 110 Å². The van der Waals surface area contributed by atoms with Crippen LogP contribution in [0.15, 0.2) is 198 Å². The van der Waals surface area contributed by atoms with E-state index < -0.39 is 164 Å². The summed E-state index contributed by atoms with van der Waals surface area (Å²) in [6.07, 6.45) is 0. The average Bonchev–Trinajstić information content (AvgIpc) is 3.75. The molecule has 246 valence electrons. The highest BCUT2D eigenvalue weighted by Crippen LogP contribution is 2.44. The Morgan fingerprint density at radius 1 is 0.358 bits per heavy atom. The topological polar surface area (TPSA) is 13.1 Å². The fourth-order valence-corrected chi connectivity index (χ4v) is 7.18. The monoisotopic (exact) mass is 691 g/mol. The van der Waals surface area contributed by atoms with Crippen molar-refractivity contribution < 1.29 is 30.5 Å². The van der Waals surface area contributed by atoms with Crippen molar-refractivity contribution in [3.05, 3.63) is 194 Å². The third-order valence-electron chi connectivity index (χ3n) is 9.60. The summed E-state index contributed by atoms with van der Waals surface area (Å²) in [5.74, 6) is 0. The molecule has 1 aromatic heterocycles. The van der Waals surface area contributed by atoms with Crippen LogP contribution in [-0.4, -0.2) is 0 Å². The van der Waals surface area contributed by atoms with Crippen LogP contribution in [-0.2, 0) is 0 Å². The standard InChI is InChI=1S/C52H32O/c1-2-12-34(13-3-1)50-44-15-6-8-17-46(44)51(47-18-9-7-16-45(47)50)41-26-24-36-29-37(22-23-38(36)31-41)39-27-28-43-48-20-10-19-42(52(48)53-49(43)32-39)40-25-21-33-11-4-5-14-35(33)30-40/h1-32H/i1D,2D,3D,6D,7D,8D,9D,12D,13D,15D,16D,17D,18D,22D,23D,24D,26D,29D,31D. The van der Waals surface area contributed by atoms with Crippen molar-refractivity contribution in [2.75, 3.05) is 0 Å². The lowest BCUT2D eigenvalue weighted by Crippen LogP contribution is -1.90. The van der Waals surface area contributed by atoms with Gasteiger partial charge in [-0.05, 0) is 112 Å². The van der Waals surface area contributed by atoms with Crippen molar-refractivity contribution in [2.45, 2.75) is 0 Å². The molecule has 0 atom stereocenters. The van der Waals surface area contributed by atoms with Crippen LogP contribution >= 0.6 is 0 Å². The van der Waals surface area contributed by atoms with Crippen molar-refractivity contribution in [3.63, 3.8) is 0 Å². The number of rotatable bonds is 4. The second-order valence-corrected chi connectivity index (χ2v) is 12.6. The van der Waals surface area contributed by atoms with Gasteiger partial charge in [0.25, 0.3) is 0 Å². The van der Waals surface area contributed by atoms with Crippen LogP contribution in [0.1, 0.15) is 26.0 Å². The van der Waals surface area contributed by atoms with E-state index in [4.69, 9.17) is 16.8 Å². The zero-order chi connectivity index (χ0) is 51.4. The van der Waals surface area contributed by atoms with E-state index in [1.165, 1.54) is 0 Å². The first-order valence-corrected chi connectivity index (χ1v) is 16.7. The lowest BCUT2D eigenvalue weighted by molar-refractivity contribution is 0.670. The van der Waals surface area contributed by atoms with E-state index in [2.05, 4.69) is 6.07 Å². The summed E-state index contributed by atoms with van der Waals surface area (Å²) in [6.45, 7) is 0. The van der Waals surface area contributed by atoms with Gasteiger partial charge in [-0.3, -0.25) is 0 Å². The number of furan rings is 1. The van der Waals surface area contributed by atoms with Crippen LogP contribution in [0.5, 0.6) is 0 Å². The van der Waals surface area contributed by atoms with E-state index in [1.54, 1.807) is 18.2 Å². The molecule has 0 aliphatic carbocycles. The van der Waals surface area contributed by atoms with Crippen molar-refractivity contribution in [1.29, 1.82) is 0 Å². The van der Waals surface area contributed by atoms with Crippen LogP contribution in [0, 0.1) is 0 Å². The maximum absolute atomic E-state index is 9.77. The molecule has 11 aromatic rings. The minimum absolute atomic E-state index is 0.119. The quantitative estimate of drug-likeness (QED) is 0.167. The highest BCUT2D eigenvalue weighted by molar-refractivity contribution is 6.21. The SMILES string of the molecule is [2H]c1c([2H])c([2H])c(-c2c3c([2H])c([2H])c([2H])c([2H])c3c(-c3c([2H])c([2H])c4c([2H])c(-c5ccc6c(c5)oc5c(-c7ccc8ccccc8c7)cccc56)c([2H])c([2H])c4c3[2H])c3c([2H])c([2H])c([2H])c([2H])c23)c([2H])c1[2H]. The van der Waals surface area contributed by atoms with Crippen LogP contribution < -0.4 is 0 Å². The Morgan fingerprint density at radius 2 is 0.981 bits per heavy atom. The van der Waals surface area contributed by atoms with Crippen molar-refractivity contribution >= 4 is 65.0 Å². The molecule has 0 aliphatic heterocycles. The van der Waals surface area contributed by atoms with E-state index in [9.17, 15) is 13.7 Å². The van der Waals surface area contributed by atoms with Crippen molar-refractivity contribution in [3.8, 4) is 44.5 Å². The van der Waals surface area contributed by atoms with E-state index in [1.807, 2.05) is 54.6 Å². The Kier molecular flexibility index (Phi) is 3.69. The van der Waals surface area contributed by atoms with Crippen LogP contribution in [0.2, 0.25) is 0 Å². The first-order valence-electron chi connectivity index (χ1n) is 26.2. The lowest BCUT2D eigenvalue weighted by atomic mass is 9.85. The Morgan fingerprint density at radius 3 is 1.72 bits per heavy atom. The van der Waals surface area contributed by atoms with E-state index in [0.29, 0.717) is 11.2 Å². The molecule has 53 heavy (non-hydrogen) atoms. The molecule has 10 aromatic carbocycles. The smallest absolute Gasteiger partial charge is 0.143 e. The normalized spacial score (nSPS) is 16.8. The molecule has 0 saturated heterocycles. The lowest BCUT2D eigenvalue weighted by Gasteiger charge is -2.18. The summed E-state index contributed by atoms with van der Waals surface area (Å²) < 4.78 is 179. The molecule has 0 saturated carbocycles. The second-order valence-electron chi connectivity index (χ2n) is 12.6. The van der Waals surface area contributed by atoms with Gasteiger partial charge in [0, 0.05) is 16.3 Å². The van der Waals surface area contributed by atoms with Gasteiger partial charge in [0.05, 0.1) is 26.0 Å². The van der Waals surface area contributed by atoms with Gasteiger partial charge >= 0.3 is 0 Å². The molecular formula is C52H32O. The molecule has 0 spiro atoms. The van der Waals surface area contributed by atoms with Crippen molar-refractivity contribution in [1.82, 2.24) is 0 Å². The fourth-order valence-electron chi connectivity index (χ4n) is 7.18. The highest BCUT2D eigenvalue weighted by Gasteiger charge is 2.17. The van der Waals surface area contributed by atoms with Gasteiger partial charge in [0.2, 0.25) is 0 Å². The Hall–Kier alpha value is -6.96. The molecule has 0 fully saturated rings. The summed E-state index contributed by atoms with van der Waals surface area (Å²) in [6, 6.07) is 9.68. The minimum Gasteiger partial charge on any atom is -0.455 e. The summed E-state index contributed by atoms with van der Waals surface area (Å²) in [7, 11) is 0. The summed E-state index contributed by atoms with van der Waals surface area (Å²) >= 11 is 0. The number of hydrogen-bond acceptors (Lipinski definition) is 1. The largest absolute Gasteiger partial charge is 0.455 e. The molecule has 1 heteroatoms. The predicted octanol–water partition coefficient (Wildman–Crippen LogP) is 14.9. The molecule has 0 unspecified atom stereocenters. The maximum Gasteiger partial charge on any atom is 0.143 e. The van der Waals surface area contributed by atoms with Crippen LogP contribution in [0.4, 0.5) is 0 Å². The summed E-state index contributed by atoms with van der Waals surface area (Å²) in [5.41, 5.74) is 0.435. The maximum atomic E-state index is 9.77. The highest BCUT2D eigenvalue weighted by atomic mass is 16.3. The van der Waals surface area contributed by atoms with E-state index >= 15 is 0 Å². The van der Waals surface area contributed by atoms with Gasteiger partial charge in [-0.15, -0.1) is 0 Å². The van der Waals surface area contributed by atoms with Gasteiger partial charge in [0.1, 0.15) is 11.2 Å². The average molecular weight is 692 g/mol. The first kappa shape index (κ1) is 16.6. The summed E-state index contributed by atoms with van der Waals surface area (Å²) in [4.78, 5) is 0. The Bertz CT molecular complexity index is 4220. The van der Waals surface area contributed by atoms with Gasteiger partial charge < -0.3 is 4.42 Å². The van der Waals surface area contributed by atoms with Crippen molar-refractivity contribution in [2.24, 2.45) is 0 Å². The molecular weight excluding hydrogens is 641 g/mol. The zero-order valence-electron chi connectivity index (χ0n) is 46.4. The molecule has 0 amide bonds. The van der Waals surface area contributed by atoms with Gasteiger partial charge in [-0.25, -0.2) is 0 Å². The first-order chi connectivity index (χ1) is 34.2. The molecule has 11 rings (SSSR count). The van der Waals surface area contributed by atoms with E-state index in [0.717, 1.165) is 32.7 Å². The number of fused-ring (bicyclic) bond motifs is 7. The minimum atomic E-state index is -0.870. The predicted molar refractivity (Wildman–Crippen MR) is 225 cm³/mol. The molecule has 1 nitrogen and oxygen atoms in total. The molecule has 0 radical (unpaired) electrons. The summed E-state index contributed by atoms with van der Waals surface area (Å²) in [5, 5.41) is 0.458. The molecule has 0 aliphatic rings. The van der Waals surface area contributed by atoms with E-state index in [-0.39, 0.29) is 16.5 Å². The Labute approximate surface area is 333 Å². The molecule has 0 N–H and O–H groups in total. The third kappa shape index (κ3) is 4.79. The molecule has 1 heterocycles. The Balaban J connectivity index is 1.22. The number of hydrogen-bond donors (Lipinski definition) is 0. The van der Waals surface area contributed by atoms with Crippen LogP contribution in [0.3, 0.4) is 0 Å².